The molecular weight excluding hydrogens is 299 g/mol. The summed E-state index contributed by atoms with van der Waals surface area (Å²) >= 11 is 0. The molecule has 0 N–H and O–H groups in total. The van der Waals surface area contributed by atoms with Crippen LogP contribution in [-0.2, 0) is 0 Å². The Morgan fingerprint density at radius 1 is 0.429 bits per heavy atom. The average Bonchev–Trinajstić information content (AvgIpc) is 1.37. The summed E-state index contributed by atoms with van der Waals surface area (Å²) in [7, 11) is 0. The molecule has 0 aromatic heterocycles. The molecule has 0 aromatic carbocycles. The molecule has 0 heterocycles. The lowest BCUT2D eigenvalue weighted by atomic mass is 10.4. The van der Waals surface area contributed by atoms with Crippen LogP contribution in [0.5, 0.6) is 0 Å². The molecule has 0 bridgehead atoms. The summed E-state index contributed by atoms with van der Waals surface area (Å²) in [6.07, 6.45) is 2.64. The number of hydrogen-bond acceptors (Lipinski definition) is 0. The largest absolute Gasteiger partial charge is 0.269 e. The van der Waals surface area contributed by atoms with Gasteiger partial charge in [-0.3, -0.25) is 42.3 Å². The average molecular weight is 319 g/mol. The summed E-state index contributed by atoms with van der Waals surface area (Å²) in [4.78, 5) is 0. The van der Waals surface area contributed by atoms with Crippen molar-refractivity contribution in [3.05, 3.63) is 0 Å². The molecule has 106 valence electrons. The third-order valence-electron chi connectivity index (χ3n) is 0.500. The lowest BCUT2D eigenvalue weighted by Gasteiger charge is -1.68. The zero-order valence-electron chi connectivity index (χ0n) is 7.50. The maximum absolute atomic E-state index is 2.18. The highest BCUT2D eigenvalue weighted by Crippen LogP contribution is 1.76. The minimum Gasteiger partial charge on any atom is -0.269 e. The lowest BCUT2D eigenvalue weighted by Crippen LogP contribution is -1.47. The Kier molecular flexibility index (Phi) is 10600. The van der Waals surface area contributed by atoms with E-state index in [1.54, 1.807) is 0 Å². The fourth-order valence-corrected chi connectivity index (χ4v) is 0. The predicted octanol–water partition coefficient (Wildman–Crippen LogP) is 3.76. The van der Waals surface area contributed by atoms with E-state index < -0.39 is 0 Å². The van der Waals surface area contributed by atoms with E-state index in [0.29, 0.717) is 0 Å². The van der Waals surface area contributed by atoms with E-state index in [1.807, 2.05) is 0 Å². The van der Waals surface area contributed by atoms with Crippen molar-refractivity contribution in [1.82, 2.24) is 0 Å². The third kappa shape index (κ3) is 1930. The molecule has 0 atom stereocenters. The Morgan fingerprint density at radius 2 is 0.500 bits per heavy atom. The highest BCUT2D eigenvalue weighted by atomic mass is 79.9. The van der Waals surface area contributed by atoms with Gasteiger partial charge in [-0.25, -0.2) is 0 Å². The molecule has 0 saturated carbocycles. The van der Waals surface area contributed by atoms with Gasteiger partial charge in [-0.1, -0.05) is 26.7 Å². The smallest absolute Gasteiger partial charge is 0.0564 e. The molecule has 0 nitrogen and oxygen atoms in total. The van der Waals surface area contributed by atoms with E-state index in [2.05, 4.69) is 13.8 Å². The monoisotopic (exact) mass is 318 g/mol. The van der Waals surface area contributed by atoms with Gasteiger partial charge < -0.3 is 0 Å². The molecule has 0 rings (SSSR count). The van der Waals surface area contributed by atoms with E-state index in [0.717, 1.165) is 0 Å². The van der Waals surface area contributed by atoms with Gasteiger partial charge in [0.2, 0.25) is 0 Å². The Bertz CT molecular complexity index is 18.8. The van der Waals surface area contributed by atoms with Crippen LogP contribution >= 0.6 is 17.0 Å². The molecule has 0 saturated heterocycles. The zero-order chi connectivity index (χ0) is 3.41. The summed E-state index contributed by atoms with van der Waals surface area (Å²) in [5.41, 5.74) is 0. The lowest BCUT2D eigenvalue weighted by molar-refractivity contribution is 0.886. The van der Waals surface area contributed by atoms with E-state index in [1.165, 1.54) is 12.8 Å². The van der Waals surface area contributed by atoms with Crippen LogP contribution in [0.1, 0.15) is 26.7 Å². The molecule has 0 fully saturated rings. The van der Waals surface area contributed by atoms with Gasteiger partial charge in [-0.15, -0.1) is 17.0 Å². The summed E-state index contributed by atoms with van der Waals surface area (Å²) in [5, 5.41) is 0. The molecule has 0 aromatic rings. The van der Waals surface area contributed by atoms with E-state index in [4.69, 9.17) is 0 Å². The molecular formula is C4H20BrF9. The fourth-order valence-electron chi connectivity index (χ4n) is 0. The second-order valence-corrected chi connectivity index (χ2v) is 1.000. The number of hydrogen-bond donors (Lipinski definition) is 0. The normalized spacial score (nSPS) is 2.14. The highest BCUT2D eigenvalue weighted by molar-refractivity contribution is 8.93. The Labute approximate surface area is 86.9 Å². The summed E-state index contributed by atoms with van der Waals surface area (Å²) in [6, 6.07) is 0. The van der Waals surface area contributed by atoms with Gasteiger partial charge in [0.1, 0.15) is 0 Å². The van der Waals surface area contributed by atoms with Crippen molar-refractivity contribution in [2.75, 3.05) is 0 Å². The van der Waals surface area contributed by atoms with Crippen LogP contribution in [0.4, 0.5) is 42.3 Å². The maximum Gasteiger partial charge on any atom is -0.0564 e. The van der Waals surface area contributed by atoms with Gasteiger partial charge in [-0.05, 0) is 0 Å². The zero-order valence-corrected chi connectivity index (χ0v) is 9.21. The van der Waals surface area contributed by atoms with Gasteiger partial charge in [0.25, 0.3) is 0 Å². The van der Waals surface area contributed by atoms with E-state index in [-0.39, 0.29) is 59.3 Å². The first-order valence-electron chi connectivity index (χ1n) is 1.91. The Morgan fingerprint density at radius 3 is 0.500 bits per heavy atom. The second-order valence-electron chi connectivity index (χ2n) is 1.000. The number of rotatable bonds is 1. The van der Waals surface area contributed by atoms with Crippen LogP contribution in [0, 0.1) is 0 Å². The van der Waals surface area contributed by atoms with E-state index >= 15 is 0 Å². The van der Waals surface area contributed by atoms with Crippen LogP contribution in [0.2, 0.25) is 0 Å². The van der Waals surface area contributed by atoms with Crippen LogP contribution in [0.25, 0.3) is 0 Å². The van der Waals surface area contributed by atoms with Gasteiger partial charge in [0, 0.05) is 0 Å². The van der Waals surface area contributed by atoms with Gasteiger partial charge in [0.15, 0.2) is 0 Å². The third-order valence-corrected chi connectivity index (χ3v) is 0.500. The molecule has 0 aliphatic rings. The van der Waals surface area contributed by atoms with Crippen molar-refractivity contribution in [3.63, 3.8) is 0 Å². The van der Waals surface area contributed by atoms with Crippen LogP contribution in [0.15, 0.2) is 0 Å². The fraction of sp³-hybridized carbons (Fsp3) is 1.00. The van der Waals surface area contributed by atoms with Gasteiger partial charge >= 0.3 is 0 Å². The van der Waals surface area contributed by atoms with Gasteiger partial charge in [0.05, 0.1) is 0 Å². The first-order valence-corrected chi connectivity index (χ1v) is 1.91. The predicted molar refractivity (Wildman–Crippen MR) is 53.4 cm³/mol. The van der Waals surface area contributed by atoms with E-state index in [9.17, 15) is 0 Å². The maximum atomic E-state index is 2.18. The second kappa shape index (κ2) is 527. The molecule has 0 amide bonds. The summed E-state index contributed by atoms with van der Waals surface area (Å²) in [6.45, 7) is 4.36. The van der Waals surface area contributed by atoms with Gasteiger partial charge in [-0.2, -0.15) is 0 Å². The van der Waals surface area contributed by atoms with Crippen molar-refractivity contribution in [2.24, 2.45) is 0 Å². The van der Waals surface area contributed by atoms with Crippen LogP contribution in [0.3, 0.4) is 0 Å². The topological polar surface area (TPSA) is 0 Å². The van der Waals surface area contributed by atoms with Crippen molar-refractivity contribution in [2.45, 2.75) is 26.7 Å². The quantitative estimate of drug-likeness (QED) is 0.646. The van der Waals surface area contributed by atoms with Crippen LogP contribution < -0.4 is 0 Å². The van der Waals surface area contributed by atoms with Crippen molar-refractivity contribution >= 4 is 17.0 Å². The summed E-state index contributed by atoms with van der Waals surface area (Å²) in [5.74, 6) is 0. The number of unbranched alkanes of at least 4 members (excludes halogenated alkanes) is 1. The minimum absolute atomic E-state index is 0. The molecule has 0 unspecified atom stereocenters. The van der Waals surface area contributed by atoms with Crippen molar-refractivity contribution in [1.29, 1.82) is 0 Å². The SMILES string of the molecule is Br.CCCC.F.F.F.F.F.F.F.F.F. The van der Waals surface area contributed by atoms with Crippen molar-refractivity contribution < 1.29 is 42.3 Å². The standard InChI is InChI=1S/C4H10.BrH.9FH/c1-3-4-2;;;;;;;;;;/h3-4H2,1-2H3;10*1H. The van der Waals surface area contributed by atoms with Crippen molar-refractivity contribution in [3.8, 4) is 0 Å². The molecule has 0 radical (unpaired) electrons. The Balaban J connectivity index is -0.000000001000. The van der Waals surface area contributed by atoms with Crippen LogP contribution in [-0.4, -0.2) is 0 Å². The molecule has 0 spiro atoms. The first-order chi connectivity index (χ1) is 1.91. The first kappa shape index (κ1) is 282. The summed E-state index contributed by atoms with van der Waals surface area (Å²) < 4.78 is 0. The minimum atomic E-state index is 0. The molecule has 14 heavy (non-hydrogen) atoms. The number of halogens is 10. The molecule has 10 heteroatoms. The highest BCUT2D eigenvalue weighted by Gasteiger charge is 1.56. The molecule has 0 aliphatic heterocycles. The molecule has 0 aliphatic carbocycles. The Hall–Kier alpha value is -0.150.